The fourth-order valence-corrected chi connectivity index (χ4v) is 4.06. The molecule has 1 unspecified atom stereocenters. The number of carbonyl (C=O) groups excluding carboxylic acids is 1. The lowest BCUT2D eigenvalue weighted by atomic mass is 9.98. The lowest BCUT2D eigenvalue weighted by Gasteiger charge is -2.32. The molecule has 1 aromatic carbocycles. The van der Waals surface area contributed by atoms with Crippen molar-refractivity contribution in [2.24, 2.45) is 5.92 Å². The maximum absolute atomic E-state index is 13.3. The third kappa shape index (κ3) is 5.20. The van der Waals surface area contributed by atoms with Crippen molar-refractivity contribution in [2.45, 2.75) is 25.7 Å². The van der Waals surface area contributed by atoms with E-state index in [1.54, 1.807) is 23.5 Å². The summed E-state index contributed by atoms with van der Waals surface area (Å²) in [6.07, 6.45) is 2.69. The second-order valence-corrected chi connectivity index (χ2v) is 7.91. The molecule has 0 radical (unpaired) electrons. The molecule has 0 aliphatic carbocycles. The van der Waals surface area contributed by atoms with E-state index in [2.05, 4.69) is 10.2 Å². The van der Waals surface area contributed by atoms with Crippen molar-refractivity contribution in [3.63, 3.8) is 0 Å². The Bertz CT molecular complexity index is 944. The first-order valence-electron chi connectivity index (χ1n) is 9.68. The topological polar surface area (TPSA) is 68.5 Å². The standard InChI is InChI=1S/C21H22FN3O3S/c22-17-4-1-5-18(11-17)27-13-15-3-2-9-25(12-15)20(26)7-6-19-23-24-21(28-19)16-8-10-29-14-16/h1,4-5,8,10-11,14-15H,2-3,6-7,9,12-13H2. The van der Waals surface area contributed by atoms with Crippen molar-refractivity contribution in [2.75, 3.05) is 19.7 Å². The highest BCUT2D eigenvalue weighted by Crippen LogP contribution is 2.22. The van der Waals surface area contributed by atoms with E-state index in [-0.39, 0.29) is 17.6 Å². The zero-order valence-corrected chi connectivity index (χ0v) is 16.7. The third-order valence-electron chi connectivity index (χ3n) is 4.94. The first-order valence-corrected chi connectivity index (χ1v) is 10.6. The molecule has 29 heavy (non-hydrogen) atoms. The summed E-state index contributed by atoms with van der Waals surface area (Å²) in [7, 11) is 0. The molecule has 152 valence electrons. The van der Waals surface area contributed by atoms with Gasteiger partial charge in [-0.3, -0.25) is 4.79 Å². The fourth-order valence-electron chi connectivity index (χ4n) is 3.43. The molecule has 0 bridgehead atoms. The van der Waals surface area contributed by atoms with Crippen LogP contribution in [-0.4, -0.2) is 40.7 Å². The second-order valence-electron chi connectivity index (χ2n) is 7.13. The molecule has 2 aromatic heterocycles. The minimum atomic E-state index is -0.314. The Labute approximate surface area is 172 Å². The first kappa shape index (κ1) is 19.6. The van der Waals surface area contributed by atoms with Crippen LogP contribution in [0.5, 0.6) is 5.75 Å². The monoisotopic (exact) mass is 415 g/mol. The van der Waals surface area contributed by atoms with Crippen LogP contribution >= 0.6 is 11.3 Å². The summed E-state index contributed by atoms with van der Waals surface area (Å²) in [5.41, 5.74) is 0.900. The summed E-state index contributed by atoms with van der Waals surface area (Å²) in [6, 6.07) is 8.06. The smallest absolute Gasteiger partial charge is 0.248 e. The van der Waals surface area contributed by atoms with Gasteiger partial charge in [-0.25, -0.2) is 4.39 Å². The van der Waals surface area contributed by atoms with Crippen LogP contribution in [0, 0.1) is 11.7 Å². The number of amides is 1. The Balaban J connectivity index is 1.25. The van der Waals surface area contributed by atoms with Gasteiger partial charge in [0, 0.05) is 48.9 Å². The highest BCUT2D eigenvalue weighted by atomic mass is 32.1. The average molecular weight is 415 g/mol. The number of halogens is 1. The molecule has 1 atom stereocenters. The molecule has 4 rings (SSSR count). The van der Waals surface area contributed by atoms with Crippen molar-refractivity contribution in [1.29, 1.82) is 0 Å². The summed E-state index contributed by atoms with van der Waals surface area (Å²) in [6.45, 7) is 1.87. The number of benzene rings is 1. The van der Waals surface area contributed by atoms with Gasteiger partial charge >= 0.3 is 0 Å². The van der Waals surface area contributed by atoms with Crippen LogP contribution in [-0.2, 0) is 11.2 Å². The highest BCUT2D eigenvalue weighted by molar-refractivity contribution is 7.08. The highest BCUT2D eigenvalue weighted by Gasteiger charge is 2.24. The van der Waals surface area contributed by atoms with Crippen molar-refractivity contribution in [3.8, 4) is 17.2 Å². The van der Waals surface area contributed by atoms with E-state index in [9.17, 15) is 9.18 Å². The Kier molecular flexibility index (Phi) is 6.19. The van der Waals surface area contributed by atoms with Gasteiger partial charge in [0.25, 0.3) is 0 Å². The van der Waals surface area contributed by atoms with E-state index in [0.717, 1.165) is 24.9 Å². The van der Waals surface area contributed by atoms with Gasteiger partial charge in [0.05, 0.1) is 6.61 Å². The number of piperidine rings is 1. The molecule has 1 fully saturated rings. The molecular formula is C21H22FN3O3S. The van der Waals surface area contributed by atoms with E-state index in [4.69, 9.17) is 9.15 Å². The number of nitrogens with zero attached hydrogens (tertiary/aromatic N) is 3. The molecular weight excluding hydrogens is 393 g/mol. The van der Waals surface area contributed by atoms with Crippen LogP contribution in [0.3, 0.4) is 0 Å². The Morgan fingerprint density at radius 3 is 3.10 bits per heavy atom. The number of aromatic nitrogens is 2. The zero-order valence-electron chi connectivity index (χ0n) is 15.9. The molecule has 1 aliphatic rings. The molecule has 1 amide bonds. The minimum absolute atomic E-state index is 0.0794. The summed E-state index contributed by atoms with van der Waals surface area (Å²) in [4.78, 5) is 14.5. The molecule has 6 nitrogen and oxygen atoms in total. The van der Waals surface area contributed by atoms with Crippen LogP contribution in [0.15, 0.2) is 45.5 Å². The number of rotatable bonds is 7. The number of thiophene rings is 1. The number of ether oxygens (including phenoxy) is 1. The number of hydrogen-bond donors (Lipinski definition) is 0. The predicted molar refractivity (Wildman–Crippen MR) is 107 cm³/mol. The maximum atomic E-state index is 13.3. The van der Waals surface area contributed by atoms with Gasteiger partial charge in [0.2, 0.25) is 17.7 Å². The third-order valence-corrected chi connectivity index (χ3v) is 5.62. The molecule has 0 spiro atoms. The summed E-state index contributed by atoms with van der Waals surface area (Å²) < 4.78 is 24.6. The fraction of sp³-hybridized carbons (Fsp3) is 0.381. The molecule has 3 aromatic rings. The van der Waals surface area contributed by atoms with E-state index in [0.29, 0.717) is 43.5 Å². The second kappa shape index (κ2) is 9.17. The average Bonchev–Trinajstić information content (AvgIpc) is 3.42. The van der Waals surface area contributed by atoms with Gasteiger partial charge in [0.1, 0.15) is 11.6 Å². The molecule has 1 aliphatic heterocycles. The lowest BCUT2D eigenvalue weighted by molar-refractivity contribution is -0.133. The Morgan fingerprint density at radius 2 is 2.28 bits per heavy atom. The SMILES string of the molecule is O=C(CCc1nnc(-c2ccsc2)o1)N1CCCC(COc2cccc(F)c2)C1. The van der Waals surface area contributed by atoms with E-state index in [1.165, 1.54) is 12.1 Å². The number of hydrogen-bond acceptors (Lipinski definition) is 6. The largest absolute Gasteiger partial charge is 0.493 e. The van der Waals surface area contributed by atoms with Crippen molar-refractivity contribution in [1.82, 2.24) is 15.1 Å². The molecule has 0 N–H and O–H groups in total. The van der Waals surface area contributed by atoms with Crippen LogP contribution in [0.1, 0.15) is 25.2 Å². The van der Waals surface area contributed by atoms with Crippen LogP contribution < -0.4 is 4.74 Å². The predicted octanol–water partition coefficient (Wildman–Crippen LogP) is 4.19. The zero-order chi connectivity index (χ0) is 20.1. The van der Waals surface area contributed by atoms with Gasteiger partial charge in [-0.1, -0.05) is 6.07 Å². The minimum Gasteiger partial charge on any atom is -0.493 e. The van der Waals surface area contributed by atoms with Crippen LogP contribution in [0.2, 0.25) is 0 Å². The quantitative estimate of drug-likeness (QED) is 0.579. The lowest BCUT2D eigenvalue weighted by Crippen LogP contribution is -2.41. The maximum Gasteiger partial charge on any atom is 0.248 e. The Morgan fingerprint density at radius 1 is 1.34 bits per heavy atom. The van der Waals surface area contributed by atoms with Gasteiger partial charge in [0.15, 0.2) is 0 Å². The van der Waals surface area contributed by atoms with Crippen LogP contribution in [0.25, 0.3) is 11.5 Å². The molecule has 1 saturated heterocycles. The van der Waals surface area contributed by atoms with Crippen molar-refractivity contribution in [3.05, 3.63) is 52.8 Å². The van der Waals surface area contributed by atoms with Crippen LogP contribution in [0.4, 0.5) is 4.39 Å². The Hall–Kier alpha value is -2.74. The van der Waals surface area contributed by atoms with Crippen molar-refractivity contribution < 1.29 is 18.3 Å². The summed E-state index contributed by atoms with van der Waals surface area (Å²) in [5.74, 6) is 1.49. The summed E-state index contributed by atoms with van der Waals surface area (Å²) in [5, 5.41) is 12.0. The van der Waals surface area contributed by atoms with Gasteiger partial charge in [-0.05, 0) is 36.4 Å². The first-order chi connectivity index (χ1) is 14.2. The van der Waals surface area contributed by atoms with Gasteiger partial charge < -0.3 is 14.1 Å². The summed E-state index contributed by atoms with van der Waals surface area (Å²) >= 11 is 1.57. The number of likely N-dealkylation sites (tertiary alicyclic amines) is 1. The molecule has 0 saturated carbocycles. The number of carbonyl (C=O) groups is 1. The van der Waals surface area contributed by atoms with Crippen molar-refractivity contribution >= 4 is 17.2 Å². The van der Waals surface area contributed by atoms with E-state index in [1.807, 2.05) is 21.7 Å². The number of aryl methyl sites for hydroxylation is 1. The molecule has 3 heterocycles. The normalized spacial score (nSPS) is 16.7. The molecule has 8 heteroatoms. The van der Waals surface area contributed by atoms with Gasteiger partial charge in [-0.2, -0.15) is 11.3 Å². The van der Waals surface area contributed by atoms with Gasteiger partial charge in [-0.15, -0.1) is 10.2 Å². The van der Waals surface area contributed by atoms with E-state index < -0.39 is 0 Å². The van der Waals surface area contributed by atoms with E-state index >= 15 is 0 Å².